The SMILES string of the molecule is CNC(=O)c1ccc(NC(C)C(=O)OC)c([N+](=O)[O-])c1. The summed E-state index contributed by atoms with van der Waals surface area (Å²) in [5.41, 5.74) is 0.0119. The van der Waals surface area contributed by atoms with Gasteiger partial charge in [0.2, 0.25) is 0 Å². The first-order valence-electron chi connectivity index (χ1n) is 5.75. The van der Waals surface area contributed by atoms with Gasteiger partial charge in [0, 0.05) is 18.7 Å². The van der Waals surface area contributed by atoms with Crippen LogP contribution in [0, 0.1) is 10.1 Å². The molecule has 0 aromatic heterocycles. The fraction of sp³-hybridized carbons (Fsp3) is 0.333. The maximum atomic E-state index is 11.4. The minimum atomic E-state index is -0.746. The molecule has 20 heavy (non-hydrogen) atoms. The molecule has 1 aromatic carbocycles. The van der Waals surface area contributed by atoms with Crippen LogP contribution in [0.2, 0.25) is 0 Å². The number of anilines is 1. The van der Waals surface area contributed by atoms with Crippen LogP contribution in [0.3, 0.4) is 0 Å². The summed E-state index contributed by atoms with van der Waals surface area (Å²) in [4.78, 5) is 33.1. The maximum absolute atomic E-state index is 11.4. The number of carbonyl (C=O) groups is 2. The highest BCUT2D eigenvalue weighted by molar-refractivity contribution is 5.95. The Kier molecular flexibility index (Phi) is 5.01. The molecule has 2 N–H and O–H groups in total. The van der Waals surface area contributed by atoms with Gasteiger partial charge in [0.1, 0.15) is 11.7 Å². The molecule has 0 saturated carbocycles. The molecule has 108 valence electrons. The number of benzene rings is 1. The number of carbonyl (C=O) groups excluding carboxylic acids is 2. The van der Waals surface area contributed by atoms with Crippen molar-refractivity contribution in [2.45, 2.75) is 13.0 Å². The molecule has 0 aliphatic heterocycles. The molecular weight excluding hydrogens is 266 g/mol. The quantitative estimate of drug-likeness (QED) is 0.472. The molecule has 0 bridgehead atoms. The van der Waals surface area contributed by atoms with E-state index in [1.807, 2.05) is 0 Å². The van der Waals surface area contributed by atoms with Gasteiger partial charge in [0.05, 0.1) is 12.0 Å². The van der Waals surface area contributed by atoms with Gasteiger partial charge in [-0.1, -0.05) is 0 Å². The average Bonchev–Trinajstić information content (AvgIpc) is 2.45. The zero-order valence-electron chi connectivity index (χ0n) is 11.3. The molecule has 8 nitrogen and oxygen atoms in total. The monoisotopic (exact) mass is 281 g/mol. The summed E-state index contributed by atoms with van der Waals surface area (Å²) >= 11 is 0. The van der Waals surface area contributed by atoms with Crippen LogP contribution in [0.15, 0.2) is 18.2 Å². The highest BCUT2D eigenvalue weighted by Crippen LogP contribution is 2.26. The van der Waals surface area contributed by atoms with Crippen LogP contribution < -0.4 is 10.6 Å². The number of ether oxygens (including phenoxy) is 1. The number of rotatable bonds is 5. The number of nitrogens with zero attached hydrogens (tertiary/aromatic N) is 1. The lowest BCUT2D eigenvalue weighted by molar-refractivity contribution is -0.384. The van der Waals surface area contributed by atoms with E-state index in [0.29, 0.717) is 0 Å². The van der Waals surface area contributed by atoms with E-state index in [0.717, 1.165) is 6.07 Å². The first-order chi connectivity index (χ1) is 9.40. The lowest BCUT2D eigenvalue weighted by Crippen LogP contribution is -2.27. The molecule has 8 heteroatoms. The maximum Gasteiger partial charge on any atom is 0.327 e. The van der Waals surface area contributed by atoms with E-state index in [4.69, 9.17) is 0 Å². The minimum absolute atomic E-state index is 0.139. The second kappa shape index (κ2) is 6.50. The average molecular weight is 281 g/mol. The van der Waals surface area contributed by atoms with Gasteiger partial charge >= 0.3 is 5.97 Å². The normalized spacial score (nSPS) is 11.3. The van der Waals surface area contributed by atoms with Crippen molar-refractivity contribution in [3.05, 3.63) is 33.9 Å². The molecule has 0 fully saturated rings. The Bertz CT molecular complexity index is 544. The van der Waals surface area contributed by atoms with Crippen molar-refractivity contribution in [3.63, 3.8) is 0 Å². The summed E-state index contributed by atoms with van der Waals surface area (Å²) in [7, 11) is 2.66. The standard InChI is InChI=1S/C12H15N3O5/c1-7(12(17)20-3)14-9-5-4-8(11(16)13-2)6-10(9)15(18)19/h4-7,14H,1-3H3,(H,13,16). The van der Waals surface area contributed by atoms with Crippen molar-refractivity contribution in [2.75, 3.05) is 19.5 Å². The smallest absolute Gasteiger partial charge is 0.327 e. The van der Waals surface area contributed by atoms with Crippen molar-refractivity contribution in [1.29, 1.82) is 0 Å². The van der Waals surface area contributed by atoms with Crippen molar-refractivity contribution < 1.29 is 19.2 Å². The number of hydrogen-bond acceptors (Lipinski definition) is 6. The third-order valence-electron chi connectivity index (χ3n) is 2.61. The van der Waals surface area contributed by atoms with Crippen LogP contribution in [0.4, 0.5) is 11.4 Å². The number of methoxy groups -OCH3 is 1. The lowest BCUT2D eigenvalue weighted by Gasteiger charge is -2.13. The predicted molar refractivity (Wildman–Crippen MR) is 71.6 cm³/mol. The number of nitro benzene ring substituents is 1. The number of esters is 1. The summed E-state index contributed by atoms with van der Waals surface area (Å²) in [5, 5.41) is 16.1. The third kappa shape index (κ3) is 3.44. The number of nitrogens with one attached hydrogen (secondary N) is 2. The fourth-order valence-electron chi connectivity index (χ4n) is 1.56. The van der Waals surface area contributed by atoms with Crippen LogP contribution in [-0.2, 0) is 9.53 Å². The van der Waals surface area contributed by atoms with Crippen molar-refractivity contribution in [2.24, 2.45) is 0 Å². The van der Waals surface area contributed by atoms with Gasteiger partial charge in [-0.3, -0.25) is 14.9 Å². The molecule has 1 aromatic rings. The summed E-state index contributed by atoms with van der Waals surface area (Å²) in [6, 6.07) is 3.20. The van der Waals surface area contributed by atoms with Gasteiger partial charge in [-0.25, -0.2) is 4.79 Å². The van der Waals surface area contributed by atoms with Crippen molar-refractivity contribution in [3.8, 4) is 0 Å². The van der Waals surface area contributed by atoms with Gasteiger partial charge in [-0.15, -0.1) is 0 Å². The molecule has 0 saturated heterocycles. The molecule has 0 aliphatic carbocycles. The van der Waals surface area contributed by atoms with Gasteiger partial charge < -0.3 is 15.4 Å². The van der Waals surface area contributed by atoms with Crippen molar-refractivity contribution in [1.82, 2.24) is 5.32 Å². The second-order valence-corrected chi connectivity index (χ2v) is 3.96. The molecule has 1 atom stereocenters. The Balaban J connectivity index is 3.11. The largest absolute Gasteiger partial charge is 0.467 e. The van der Waals surface area contributed by atoms with Crippen LogP contribution >= 0.6 is 0 Å². The molecule has 1 rings (SSSR count). The molecule has 0 heterocycles. The lowest BCUT2D eigenvalue weighted by atomic mass is 10.1. The Morgan fingerprint density at radius 1 is 1.40 bits per heavy atom. The molecular formula is C12H15N3O5. The fourth-order valence-corrected chi connectivity index (χ4v) is 1.56. The van der Waals surface area contributed by atoms with E-state index in [-0.39, 0.29) is 16.9 Å². The van der Waals surface area contributed by atoms with Crippen LogP contribution in [0.1, 0.15) is 17.3 Å². The topological polar surface area (TPSA) is 111 Å². The minimum Gasteiger partial charge on any atom is -0.467 e. The van der Waals surface area contributed by atoms with E-state index in [9.17, 15) is 19.7 Å². The highest BCUT2D eigenvalue weighted by atomic mass is 16.6. The van der Waals surface area contributed by atoms with Gasteiger partial charge in [-0.05, 0) is 19.1 Å². The second-order valence-electron chi connectivity index (χ2n) is 3.96. The highest BCUT2D eigenvalue weighted by Gasteiger charge is 2.21. The van der Waals surface area contributed by atoms with Gasteiger partial charge in [0.15, 0.2) is 0 Å². The molecule has 0 aliphatic rings. The number of amides is 1. The van der Waals surface area contributed by atoms with Crippen LogP contribution in [0.5, 0.6) is 0 Å². The third-order valence-corrected chi connectivity index (χ3v) is 2.61. The Morgan fingerprint density at radius 3 is 2.55 bits per heavy atom. The van der Waals surface area contributed by atoms with Gasteiger partial charge in [0.25, 0.3) is 11.6 Å². The predicted octanol–water partition coefficient (Wildman–Crippen LogP) is 0.928. The zero-order valence-corrected chi connectivity index (χ0v) is 11.3. The van der Waals surface area contributed by atoms with E-state index >= 15 is 0 Å². The van der Waals surface area contributed by atoms with E-state index in [2.05, 4.69) is 15.4 Å². The van der Waals surface area contributed by atoms with Crippen LogP contribution in [0.25, 0.3) is 0 Å². The summed E-state index contributed by atoms with van der Waals surface area (Å²) in [6.07, 6.45) is 0. The van der Waals surface area contributed by atoms with E-state index in [1.165, 1.54) is 33.2 Å². The van der Waals surface area contributed by atoms with Crippen LogP contribution in [-0.4, -0.2) is 37.0 Å². The van der Waals surface area contributed by atoms with E-state index in [1.54, 1.807) is 0 Å². The van der Waals surface area contributed by atoms with Gasteiger partial charge in [-0.2, -0.15) is 0 Å². The molecule has 0 spiro atoms. The molecule has 1 amide bonds. The first-order valence-corrected chi connectivity index (χ1v) is 5.75. The Labute approximate surface area is 115 Å². The van der Waals surface area contributed by atoms with Crippen molar-refractivity contribution >= 4 is 23.3 Å². The summed E-state index contributed by atoms with van der Waals surface area (Å²) in [5.74, 6) is -0.977. The number of hydrogen-bond donors (Lipinski definition) is 2. The molecule has 1 unspecified atom stereocenters. The first kappa shape index (κ1) is 15.4. The summed E-state index contributed by atoms with van der Waals surface area (Å²) in [6.45, 7) is 1.52. The van der Waals surface area contributed by atoms with E-state index < -0.39 is 22.8 Å². The zero-order chi connectivity index (χ0) is 15.3. The Hall–Kier alpha value is -2.64. The Morgan fingerprint density at radius 2 is 2.05 bits per heavy atom. The number of nitro groups is 1. The summed E-state index contributed by atoms with van der Waals surface area (Å²) < 4.78 is 4.53. The molecule has 0 radical (unpaired) electrons.